The number of rotatable bonds is 2. The van der Waals surface area contributed by atoms with E-state index < -0.39 is 0 Å². The monoisotopic (exact) mass is 378 g/mol. The second-order valence-corrected chi connectivity index (χ2v) is 6.77. The van der Waals surface area contributed by atoms with Gasteiger partial charge in [-0.1, -0.05) is 82.1 Å². The van der Waals surface area contributed by atoms with Crippen LogP contribution in [0.1, 0.15) is 36.1 Å². The number of halogens is 2. The van der Waals surface area contributed by atoms with Crippen LogP contribution in [0.25, 0.3) is 11.1 Å². The molecule has 0 aromatic heterocycles. The van der Waals surface area contributed by atoms with Crippen LogP contribution in [0, 0.1) is 0 Å². The molecule has 0 nitrogen and oxygen atoms in total. The summed E-state index contributed by atoms with van der Waals surface area (Å²) >= 11 is 7.11. The van der Waals surface area contributed by atoms with Crippen LogP contribution in [-0.2, 0) is 16.1 Å². The molecule has 0 N–H and O–H groups in total. The second-order valence-electron chi connectivity index (χ2n) is 5.65. The van der Waals surface area contributed by atoms with E-state index in [4.69, 9.17) is 0 Å². The molecule has 19 heavy (non-hydrogen) atoms. The molecule has 2 heteroatoms. The molecule has 0 fully saturated rings. The Kier molecular flexibility index (Phi) is 3.34. The lowest BCUT2D eigenvalue weighted by Gasteiger charge is -2.22. The Labute approximate surface area is 131 Å². The lowest BCUT2D eigenvalue weighted by atomic mass is 9.81. The maximum absolute atomic E-state index is 3.56. The van der Waals surface area contributed by atoms with Gasteiger partial charge in [0, 0.05) is 16.1 Å². The van der Waals surface area contributed by atoms with E-state index in [0.717, 1.165) is 10.7 Å². The fraction of sp³-hybridized carbons (Fsp3) is 0.294. The molecule has 0 amide bonds. The summed E-state index contributed by atoms with van der Waals surface area (Å²) in [5.74, 6) is 0. The fourth-order valence-electron chi connectivity index (χ4n) is 3.00. The van der Waals surface area contributed by atoms with Crippen molar-refractivity contribution in [3.8, 4) is 11.1 Å². The molecule has 2 aromatic rings. The van der Waals surface area contributed by atoms with Crippen molar-refractivity contribution in [3.63, 3.8) is 0 Å². The molecule has 3 rings (SSSR count). The first-order valence-electron chi connectivity index (χ1n) is 6.47. The third kappa shape index (κ3) is 2.00. The Bertz CT molecular complexity index is 586. The Morgan fingerprint density at radius 1 is 0.789 bits per heavy atom. The van der Waals surface area contributed by atoms with Crippen LogP contribution in [0.4, 0.5) is 0 Å². The minimum Gasteiger partial charge on any atom is -0.0876 e. The highest BCUT2D eigenvalue weighted by atomic mass is 79.9. The van der Waals surface area contributed by atoms with Gasteiger partial charge in [0.25, 0.3) is 0 Å². The van der Waals surface area contributed by atoms with Crippen LogP contribution in [0.3, 0.4) is 0 Å². The molecular formula is C17H16Br2. The van der Waals surface area contributed by atoms with Gasteiger partial charge >= 0.3 is 0 Å². The maximum atomic E-state index is 3.56. The molecule has 0 unspecified atom stereocenters. The van der Waals surface area contributed by atoms with Gasteiger partial charge < -0.3 is 0 Å². The lowest BCUT2D eigenvalue weighted by molar-refractivity contribution is 0.659. The van der Waals surface area contributed by atoms with Crippen LogP contribution in [0.2, 0.25) is 0 Å². The Balaban J connectivity index is 2.26. The van der Waals surface area contributed by atoms with E-state index in [9.17, 15) is 0 Å². The smallest absolute Gasteiger partial charge is 0.0283 e. The third-order valence-electron chi connectivity index (χ3n) is 4.11. The zero-order valence-corrected chi connectivity index (χ0v) is 14.3. The van der Waals surface area contributed by atoms with E-state index in [0.29, 0.717) is 0 Å². The first-order chi connectivity index (χ1) is 9.07. The molecule has 0 radical (unpaired) electrons. The van der Waals surface area contributed by atoms with Crippen molar-refractivity contribution in [2.45, 2.75) is 29.9 Å². The summed E-state index contributed by atoms with van der Waals surface area (Å²) in [6, 6.07) is 13.7. The minimum absolute atomic E-state index is 0.0982. The Morgan fingerprint density at radius 3 is 1.58 bits per heavy atom. The van der Waals surface area contributed by atoms with Crippen molar-refractivity contribution >= 4 is 31.9 Å². The minimum atomic E-state index is 0.0982. The van der Waals surface area contributed by atoms with E-state index in [-0.39, 0.29) is 5.41 Å². The van der Waals surface area contributed by atoms with E-state index in [1.54, 1.807) is 0 Å². The van der Waals surface area contributed by atoms with E-state index in [1.807, 2.05) is 0 Å². The first-order valence-corrected chi connectivity index (χ1v) is 8.71. The van der Waals surface area contributed by atoms with Crippen molar-refractivity contribution in [3.05, 3.63) is 58.7 Å². The lowest BCUT2D eigenvalue weighted by Crippen LogP contribution is -2.15. The highest BCUT2D eigenvalue weighted by Crippen LogP contribution is 2.49. The highest BCUT2D eigenvalue weighted by Gasteiger charge is 2.35. The summed E-state index contributed by atoms with van der Waals surface area (Å²) in [6.45, 7) is 4.65. The first kappa shape index (κ1) is 13.4. The zero-order chi connectivity index (χ0) is 13.6. The fourth-order valence-corrected chi connectivity index (χ4v) is 3.70. The standard InChI is InChI=1S/C17H16Br2/c1-17(2)15-7-11(9-18)3-5-13(15)14-6-4-12(10-19)8-16(14)17/h3-8H,9-10H2,1-2H3. The molecule has 0 spiro atoms. The van der Waals surface area contributed by atoms with Crippen LogP contribution in [0.15, 0.2) is 36.4 Å². The number of fused-ring (bicyclic) bond motifs is 3. The molecular weight excluding hydrogens is 364 g/mol. The van der Waals surface area contributed by atoms with Gasteiger partial charge in [-0.25, -0.2) is 0 Å². The molecule has 1 aliphatic carbocycles. The van der Waals surface area contributed by atoms with Crippen molar-refractivity contribution in [1.29, 1.82) is 0 Å². The van der Waals surface area contributed by atoms with Crippen LogP contribution >= 0.6 is 31.9 Å². The molecule has 1 aliphatic rings. The molecule has 2 aromatic carbocycles. The van der Waals surface area contributed by atoms with Crippen LogP contribution < -0.4 is 0 Å². The summed E-state index contributed by atoms with van der Waals surface area (Å²) in [5, 5.41) is 1.83. The second kappa shape index (κ2) is 4.75. The van der Waals surface area contributed by atoms with Gasteiger partial charge in [-0.2, -0.15) is 0 Å². The van der Waals surface area contributed by atoms with Gasteiger partial charge in [-0.05, 0) is 33.4 Å². The molecule has 98 valence electrons. The average molecular weight is 380 g/mol. The summed E-state index contributed by atoms with van der Waals surface area (Å²) in [5.41, 5.74) is 8.48. The molecule has 0 atom stereocenters. The van der Waals surface area contributed by atoms with Crippen LogP contribution in [-0.4, -0.2) is 0 Å². The predicted molar refractivity (Wildman–Crippen MR) is 89.3 cm³/mol. The van der Waals surface area contributed by atoms with E-state index in [2.05, 4.69) is 82.1 Å². The Morgan fingerprint density at radius 2 is 1.21 bits per heavy atom. The maximum Gasteiger partial charge on any atom is 0.0283 e. The number of alkyl halides is 2. The Hall–Kier alpha value is -0.600. The van der Waals surface area contributed by atoms with Crippen molar-refractivity contribution in [2.75, 3.05) is 0 Å². The summed E-state index contributed by atoms with van der Waals surface area (Å²) in [4.78, 5) is 0. The number of hydrogen-bond donors (Lipinski definition) is 0. The third-order valence-corrected chi connectivity index (χ3v) is 5.41. The summed E-state index contributed by atoms with van der Waals surface area (Å²) in [6.07, 6.45) is 0. The molecule has 0 saturated carbocycles. The molecule has 0 aliphatic heterocycles. The van der Waals surface area contributed by atoms with Crippen LogP contribution in [0.5, 0.6) is 0 Å². The van der Waals surface area contributed by atoms with Gasteiger partial charge in [0.05, 0.1) is 0 Å². The predicted octanol–water partition coefficient (Wildman–Crippen LogP) is 5.78. The van der Waals surface area contributed by atoms with Gasteiger partial charge in [-0.15, -0.1) is 0 Å². The largest absolute Gasteiger partial charge is 0.0876 e. The number of hydrogen-bond acceptors (Lipinski definition) is 0. The van der Waals surface area contributed by atoms with Crippen molar-refractivity contribution in [1.82, 2.24) is 0 Å². The molecule has 0 bridgehead atoms. The van der Waals surface area contributed by atoms with Gasteiger partial charge in [0.15, 0.2) is 0 Å². The average Bonchev–Trinajstić information content (AvgIpc) is 2.67. The summed E-state index contributed by atoms with van der Waals surface area (Å²) in [7, 11) is 0. The normalized spacial score (nSPS) is 15.2. The topological polar surface area (TPSA) is 0 Å². The SMILES string of the molecule is CC1(C)c2cc(CBr)ccc2-c2ccc(CBr)cc21. The van der Waals surface area contributed by atoms with Crippen molar-refractivity contribution < 1.29 is 0 Å². The highest BCUT2D eigenvalue weighted by molar-refractivity contribution is 9.08. The zero-order valence-electron chi connectivity index (χ0n) is 11.1. The van der Waals surface area contributed by atoms with E-state index >= 15 is 0 Å². The van der Waals surface area contributed by atoms with Gasteiger partial charge in [0.2, 0.25) is 0 Å². The van der Waals surface area contributed by atoms with Crippen molar-refractivity contribution in [2.24, 2.45) is 0 Å². The van der Waals surface area contributed by atoms with Gasteiger partial charge in [0.1, 0.15) is 0 Å². The number of benzene rings is 2. The molecule has 0 saturated heterocycles. The molecule has 0 heterocycles. The van der Waals surface area contributed by atoms with E-state index in [1.165, 1.54) is 33.4 Å². The quantitative estimate of drug-likeness (QED) is 0.580. The van der Waals surface area contributed by atoms with Gasteiger partial charge in [-0.3, -0.25) is 0 Å². The summed E-state index contributed by atoms with van der Waals surface area (Å²) < 4.78 is 0.